The highest BCUT2D eigenvalue weighted by molar-refractivity contribution is 5.91. The van der Waals surface area contributed by atoms with Crippen molar-refractivity contribution in [3.63, 3.8) is 0 Å². The van der Waals surface area contributed by atoms with Gasteiger partial charge in [0.05, 0.1) is 28.9 Å². The fraction of sp³-hybridized carbons (Fsp3) is 0.348. The van der Waals surface area contributed by atoms with Crippen LogP contribution < -0.4 is 15.0 Å². The molecule has 5 rings (SSSR count). The third-order valence-electron chi connectivity index (χ3n) is 5.88. The lowest BCUT2D eigenvalue weighted by Crippen LogP contribution is -2.24. The Labute approximate surface area is 174 Å². The van der Waals surface area contributed by atoms with E-state index in [1.165, 1.54) is 6.07 Å². The Morgan fingerprint density at radius 3 is 3.03 bits per heavy atom. The summed E-state index contributed by atoms with van der Waals surface area (Å²) >= 11 is 0. The Kier molecular flexibility index (Phi) is 4.62. The molecule has 2 aromatic heterocycles. The maximum absolute atomic E-state index is 14.2. The molecule has 4 heterocycles. The fourth-order valence-electron chi connectivity index (χ4n) is 4.41. The first-order valence-electron chi connectivity index (χ1n) is 10.3. The summed E-state index contributed by atoms with van der Waals surface area (Å²) in [7, 11) is 0. The summed E-state index contributed by atoms with van der Waals surface area (Å²) in [5.74, 6) is 1.25. The number of nitrogens with zero attached hydrogens (tertiary/aromatic N) is 4. The fourth-order valence-corrected chi connectivity index (χ4v) is 4.41. The van der Waals surface area contributed by atoms with Gasteiger partial charge in [0, 0.05) is 31.3 Å². The highest BCUT2D eigenvalue weighted by Crippen LogP contribution is 2.41. The summed E-state index contributed by atoms with van der Waals surface area (Å²) in [5.41, 5.74) is 3.46. The predicted octanol–water partition coefficient (Wildman–Crippen LogP) is 4.56. The van der Waals surface area contributed by atoms with Gasteiger partial charge in [0.25, 0.3) is 0 Å². The Balaban J connectivity index is 1.70. The zero-order valence-electron chi connectivity index (χ0n) is 16.7. The average molecular weight is 403 g/mol. The molecule has 1 fully saturated rings. The summed E-state index contributed by atoms with van der Waals surface area (Å²) in [6, 6.07) is 10.9. The monoisotopic (exact) mass is 403 g/mol. The van der Waals surface area contributed by atoms with Gasteiger partial charge in [-0.05, 0) is 50.1 Å². The number of hydrogen-bond acceptors (Lipinski definition) is 6. The molecule has 1 N–H and O–H groups in total. The number of nitrogens with one attached hydrogen (secondary N) is 1. The first-order chi connectivity index (χ1) is 14.6. The molecule has 3 aromatic rings. The molecule has 2 aliphatic rings. The normalized spacial score (nSPS) is 20.8. The lowest BCUT2D eigenvalue weighted by molar-refractivity contribution is 0.212. The van der Waals surface area contributed by atoms with Gasteiger partial charge in [0.1, 0.15) is 29.0 Å². The molecule has 2 aliphatic heterocycles. The van der Waals surface area contributed by atoms with Gasteiger partial charge in [-0.25, -0.2) is 9.37 Å². The van der Waals surface area contributed by atoms with E-state index in [-0.39, 0.29) is 18.0 Å². The smallest absolute Gasteiger partial charge is 0.129 e. The van der Waals surface area contributed by atoms with Crippen molar-refractivity contribution in [2.45, 2.75) is 38.3 Å². The molecular formula is C23H22FN5O. The largest absolute Gasteiger partial charge is 0.490 e. The van der Waals surface area contributed by atoms with Crippen LogP contribution in [0.15, 0.2) is 36.5 Å². The molecule has 0 aliphatic carbocycles. The summed E-state index contributed by atoms with van der Waals surface area (Å²) in [6.45, 7) is 3.44. The van der Waals surface area contributed by atoms with Gasteiger partial charge in [-0.1, -0.05) is 0 Å². The molecule has 0 saturated carbocycles. The summed E-state index contributed by atoms with van der Waals surface area (Å²) < 4.78 is 20.4. The highest BCUT2D eigenvalue weighted by atomic mass is 19.1. The van der Waals surface area contributed by atoms with Crippen molar-refractivity contribution in [1.29, 1.82) is 5.26 Å². The number of anilines is 2. The van der Waals surface area contributed by atoms with E-state index in [2.05, 4.69) is 21.3 Å². The zero-order valence-corrected chi connectivity index (χ0v) is 16.7. The third-order valence-corrected chi connectivity index (χ3v) is 5.88. The number of nitriles is 1. The molecule has 2 atom stereocenters. The van der Waals surface area contributed by atoms with E-state index in [1.54, 1.807) is 18.3 Å². The van der Waals surface area contributed by atoms with Crippen LogP contribution in [-0.4, -0.2) is 29.2 Å². The van der Waals surface area contributed by atoms with Crippen LogP contribution in [0.4, 0.5) is 15.9 Å². The van der Waals surface area contributed by atoms with Gasteiger partial charge in [-0.2, -0.15) is 5.26 Å². The zero-order chi connectivity index (χ0) is 20.7. The van der Waals surface area contributed by atoms with Crippen molar-refractivity contribution in [3.05, 3.63) is 53.5 Å². The van der Waals surface area contributed by atoms with Gasteiger partial charge in [0.2, 0.25) is 0 Å². The van der Waals surface area contributed by atoms with Crippen molar-refractivity contribution < 1.29 is 9.13 Å². The maximum atomic E-state index is 14.2. The minimum Gasteiger partial charge on any atom is -0.490 e. The van der Waals surface area contributed by atoms with Crippen molar-refractivity contribution in [2.24, 2.45) is 0 Å². The van der Waals surface area contributed by atoms with E-state index in [4.69, 9.17) is 9.72 Å². The van der Waals surface area contributed by atoms with E-state index in [0.717, 1.165) is 48.5 Å². The number of benzene rings is 1. The van der Waals surface area contributed by atoms with Gasteiger partial charge in [0.15, 0.2) is 0 Å². The molecule has 6 nitrogen and oxygen atoms in total. The van der Waals surface area contributed by atoms with Crippen LogP contribution in [0.25, 0.3) is 11.0 Å². The van der Waals surface area contributed by atoms with Crippen molar-refractivity contribution in [1.82, 2.24) is 9.97 Å². The number of halogens is 1. The molecule has 1 saturated heterocycles. The molecule has 1 aromatic carbocycles. The van der Waals surface area contributed by atoms with Gasteiger partial charge in [-0.15, -0.1) is 0 Å². The van der Waals surface area contributed by atoms with E-state index in [1.807, 2.05) is 19.1 Å². The van der Waals surface area contributed by atoms with Crippen molar-refractivity contribution in [2.75, 3.05) is 23.3 Å². The average Bonchev–Trinajstić information content (AvgIpc) is 3.24. The van der Waals surface area contributed by atoms with Crippen LogP contribution in [0, 0.1) is 17.1 Å². The molecule has 7 heteroatoms. The summed E-state index contributed by atoms with van der Waals surface area (Å²) in [6.07, 6.45) is 4.12. The molecule has 0 unspecified atom stereocenters. The minimum absolute atomic E-state index is 0.0166. The maximum Gasteiger partial charge on any atom is 0.129 e. The number of pyridine rings is 2. The predicted molar refractivity (Wildman–Crippen MR) is 113 cm³/mol. The van der Waals surface area contributed by atoms with Crippen LogP contribution in [-0.2, 0) is 0 Å². The van der Waals surface area contributed by atoms with Crippen LogP contribution in [0.2, 0.25) is 0 Å². The Morgan fingerprint density at radius 2 is 2.17 bits per heavy atom. The number of rotatable bonds is 0. The van der Waals surface area contributed by atoms with Crippen molar-refractivity contribution >= 4 is 22.5 Å². The number of hydrogen-bond donors (Lipinski definition) is 1. The van der Waals surface area contributed by atoms with Gasteiger partial charge < -0.3 is 15.0 Å². The van der Waals surface area contributed by atoms with E-state index in [0.29, 0.717) is 23.3 Å². The Hall–Kier alpha value is -3.40. The van der Waals surface area contributed by atoms with Crippen LogP contribution in [0.3, 0.4) is 0 Å². The van der Waals surface area contributed by atoms with Gasteiger partial charge in [-0.3, -0.25) is 4.98 Å². The molecule has 0 amide bonds. The highest BCUT2D eigenvalue weighted by Gasteiger charge is 2.31. The lowest BCUT2D eigenvalue weighted by atomic mass is 10.0. The second-order valence-electron chi connectivity index (χ2n) is 7.87. The second-order valence-corrected chi connectivity index (χ2v) is 7.87. The van der Waals surface area contributed by atoms with E-state index in [9.17, 15) is 9.65 Å². The molecule has 30 heavy (non-hydrogen) atoms. The first kappa shape index (κ1) is 18.6. The summed E-state index contributed by atoms with van der Waals surface area (Å²) in [5, 5.41) is 13.0. The topological polar surface area (TPSA) is 74.1 Å². The van der Waals surface area contributed by atoms with Crippen molar-refractivity contribution in [3.8, 4) is 11.8 Å². The lowest BCUT2D eigenvalue weighted by Gasteiger charge is -2.28. The number of fused-ring (bicyclic) bond motifs is 5. The Bertz CT molecular complexity index is 1160. The molecule has 0 radical (unpaired) electrons. The molecule has 0 spiro atoms. The van der Waals surface area contributed by atoms with Crippen LogP contribution in [0.5, 0.6) is 5.75 Å². The van der Waals surface area contributed by atoms with Crippen LogP contribution in [0.1, 0.15) is 43.4 Å². The summed E-state index contributed by atoms with van der Waals surface area (Å²) in [4.78, 5) is 11.5. The number of ether oxygens (including phenoxy) is 1. The number of aromatic nitrogens is 2. The molecule has 152 valence electrons. The first-order valence-corrected chi connectivity index (χ1v) is 10.3. The van der Waals surface area contributed by atoms with E-state index < -0.39 is 0 Å². The minimum atomic E-state index is -0.264. The molecular weight excluding hydrogens is 381 g/mol. The molecule has 2 bridgehead atoms. The van der Waals surface area contributed by atoms with Crippen LogP contribution >= 0.6 is 0 Å². The quantitative estimate of drug-likeness (QED) is 0.593. The SMILES string of the molecule is C[C@H]1CCNc2c(C#N)cnc3ccc(nc23)N2CCC[C@@H]2c2cc(F)ccc2O1. The third kappa shape index (κ3) is 3.18. The second kappa shape index (κ2) is 7.45. The van der Waals surface area contributed by atoms with Gasteiger partial charge >= 0.3 is 0 Å². The Morgan fingerprint density at radius 1 is 1.27 bits per heavy atom. The van der Waals surface area contributed by atoms with E-state index >= 15 is 0 Å². The standard InChI is InChI=1S/C23H22FN5O/c1-14-8-9-26-22-15(12-25)13-27-18-5-7-21(28-23(18)22)29-10-2-3-19(29)17-11-16(24)4-6-20(17)30-14/h4-7,11,13-14,19,26H,2-3,8-10H2,1H3/t14-,19+/m0/s1.